The van der Waals surface area contributed by atoms with Crippen LogP contribution in [0.5, 0.6) is 0 Å². The van der Waals surface area contributed by atoms with Crippen molar-refractivity contribution in [2.45, 2.75) is 26.8 Å². The number of carbonyl (C=O) groups is 3. The summed E-state index contributed by atoms with van der Waals surface area (Å²) in [6.45, 7) is 5.07. The van der Waals surface area contributed by atoms with Gasteiger partial charge in [-0.25, -0.2) is 4.90 Å². The first kappa shape index (κ1) is 18.4. The van der Waals surface area contributed by atoms with Crippen LogP contribution >= 0.6 is 11.6 Å². The molecule has 28 heavy (non-hydrogen) atoms. The number of fused-ring (bicyclic) bond motifs is 1. The van der Waals surface area contributed by atoms with Crippen LogP contribution < -0.4 is 9.91 Å². The molecule has 2 aliphatic rings. The molecule has 6 nitrogen and oxygen atoms in total. The number of carbonyl (C=O) groups excluding carboxylic acids is 3. The van der Waals surface area contributed by atoms with Crippen molar-refractivity contribution in [1.82, 2.24) is 0 Å². The predicted octanol–water partition coefficient (Wildman–Crippen LogP) is 3.28. The molecule has 0 aromatic heterocycles. The largest absolute Gasteiger partial charge is 0.293 e. The second-order valence-corrected chi connectivity index (χ2v) is 7.45. The second-order valence-electron chi connectivity index (χ2n) is 7.04. The lowest BCUT2D eigenvalue weighted by molar-refractivity contribution is -0.122. The van der Waals surface area contributed by atoms with E-state index in [1.165, 1.54) is 11.9 Å². The topological polar surface area (TPSA) is 70.1 Å². The minimum Gasteiger partial charge on any atom is -0.293 e. The van der Waals surface area contributed by atoms with Gasteiger partial charge in [0.1, 0.15) is 17.7 Å². The van der Waals surface area contributed by atoms with E-state index < -0.39 is 23.8 Å². The Balaban J connectivity index is 1.83. The number of halogens is 1. The fraction of sp³-hybridized carbons (Fsp3) is 0.238. The summed E-state index contributed by atoms with van der Waals surface area (Å²) in [6.07, 6.45) is 0. The van der Waals surface area contributed by atoms with Crippen molar-refractivity contribution >= 4 is 46.3 Å². The molecule has 2 heterocycles. The van der Waals surface area contributed by atoms with Crippen LogP contribution in [-0.4, -0.2) is 29.4 Å². The minimum atomic E-state index is -0.926. The van der Waals surface area contributed by atoms with Gasteiger partial charge in [0.2, 0.25) is 5.91 Å². The molecule has 2 aromatic carbocycles. The molecule has 1 saturated heterocycles. The van der Waals surface area contributed by atoms with Crippen molar-refractivity contribution in [3.63, 3.8) is 0 Å². The molecule has 0 spiro atoms. The van der Waals surface area contributed by atoms with E-state index in [9.17, 15) is 14.4 Å². The van der Waals surface area contributed by atoms with Gasteiger partial charge in [-0.2, -0.15) is 5.10 Å². The van der Waals surface area contributed by atoms with E-state index in [0.717, 1.165) is 10.5 Å². The molecule has 0 aliphatic carbocycles. The second kappa shape index (κ2) is 6.56. The molecule has 7 heteroatoms. The van der Waals surface area contributed by atoms with Gasteiger partial charge < -0.3 is 0 Å². The third kappa shape index (κ3) is 2.64. The summed E-state index contributed by atoms with van der Waals surface area (Å²) in [5.74, 6) is -2.12. The van der Waals surface area contributed by atoms with Crippen LogP contribution in [-0.2, 0) is 14.4 Å². The van der Waals surface area contributed by atoms with E-state index in [2.05, 4.69) is 5.10 Å². The third-order valence-corrected chi connectivity index (χ3v) is 5.60. The molecule has 2 aromatic rings. The lowest BCUT2D eigenvalue weighted by Crippen LogP contribution is -2.39. The molecule has 1 fully saturated rings. The van der Waals surface area contributed by atoms with E-state index in [4.69, 9.17) is 11.6 Å². The fourth-order valence-electron chi connectivity index (χ4n) is 3.69. The van der Waals surface area contributed by atoms with Crippen LogP contribution in [0.25, 0.3) is 0 Å². The summed E-state index contributed by atoms with van der Waals surface area (Å²) < 4.78 is 0. The molecular formula is C21H18ClN3O3. The van der Waals surface area contributed by atoms with E-state index in [-0.39, 0.29) is 11.5 Å². The van der Waals surface area contributed by atoms with Gasteiger partial charge in [0.05, 0.1) is 11.4 Å². The quantitative estimate of drug-likeness (QED) is 0.748. The van der Waals surface area contributed by atoms with Gasteiger partial charge in [0, 0.05) is 11.9 Å². The third-order valence-electron chi connectivity index (χ3n) is 5.19. The number of hydrogen-bond donors (Lipinski definition) is 0. The Bertz CT molecular complexity index is 1050. The van der Waals surface area contributed by atoms with E-state index in [0.29, 0.717) is 22.0 Å². The SMILES string of the molecule is CC(=O)C1=NN(c2ccc(C)cc2)[C@@H]2C(=O)N(c3cccc(Cl)c3C)C(=O)[C@@H]12. The number of ketones is 1. The molecule has 0 unspecified atom stereocenters. The zero-order chi connectivity index (χ0) is 20.2. The number of aryl methyl sites for hydroxylation is 1. The van der Waals surface area contributed by atoms with Crippen molar-refractivity contribution in [3.05, 3.63) is 58.6 Å². The van der Waals surface area contributed by atoms with Crippen molar-refractivity contribution in [2.75, 3.05) is 9.91 Å². The van der Waals surface area contributed by atoms with E-state index >= 15 is 0 Å². The van der Waals surface area contributed by atoms with Crippen LogP contribution in [0.1, 0.15) is 18.1 Å². The van der Waals surface area contributed by atoms with Gasteiger partial charge in [0.15, 0.2) is 5.78 Å². The molecular weight excluding hydrogens is 378 g/mol. The average Bonchev–Trinajstić information content (AvgIpc) is 3.16. The summed E-state index contributed by atoms with van der Waals surface area (Å²) in [5, 5.41) is 6.30. The molecule has 2 aliphatic heterocycles. The van der Waals surface area contributed by atoms with Crippen LogP contribution in [0.4, 0.5) is 11.4 Å². The molecule has 0 bridgehead atoms. The minimum absolute atomic E-state index is 0.103. The molecule has 0 saturated carbocycles. The Morgan fingerprint density at radius 2 is 1.71 bits per heavy atom. The fourth-order valence-corrected chi connectivity index (χ4v) is 3.86. The van der Waals surface area contributed by atoms with Crippen molar-refractivity contribution in [3.8, 4) is 0 Å². The van der Waals surface area contributed by atoms with Gasteiger partial charge in [-0.05, 0) is 43.7 Å². The highest BCUT2D eigenvalue weighted by molar-refractivity contribution is 6.49. The first-order valence-electron chi connectivity index (χ1n) is 8.89. The van der Waals surface area contributed by atoms with E-state index in [1.807, 2.05) is 31.2 Å². The Labute approximate surface area is 167 Å². The molecule has 2 amide bonds. The van der Waals surface area contributed by atoms with Gasteiger partial charge in [-0.3, -0.25) is 19.4 Å². The Kier molecular flexibility index (Phi) is 4.31. The zero-order valence-electron chi connectivity index (χ0n) is 15.6. The average molecular weight is 396 g/mol. The Hall–Kier alpha value is -2.99. The molecule has 142 valence electrons. The summed E-state index contributed by atoms with van der Waals surface area (Å²) in [4.78, 5) is 39.8. The lowest BCUT2D eigenvalue weighted by Gasteiger charge is -2.23. The van der Waals surface area contributed by atoms with Gasteiger partial charge in [-0.15, -0.1) is 0 Å². The number of Topliss-reactive ketones (excluding diaryl/α,β-unsaturated/α-hetero) is 1. The zero-order valence-corrected chi connectivity index (χ0v) is 16.4. The number of anilines is 2. The standard InChI is InChI=1S/C21H18ClN3O3/c1-11-7-9-14(10-8-11)25-19-17(18(23-25)13(3)26)20(27)24(21(19)28)16-6-4-5-15(22)12(16)2/h4-10,17,19H,1-3H3/t17-,19-/m0/s1. The normalized spacial score (nSPS) is 21.2. The highest BCUT2D eigenvalue weighted by Gasteiger charge is 2.58. The number of rotatable bonds is 3. The summed E-state index contributed by atoms with van der Waals surface area (Å²) in [7, 11) is 0. The molecule has 0 radical (unpaired) electrons. The first-order valence-corrected chi connectivity index (χ1v) is 9.27. The van der Waals surface area contributed by atoms with Crippen LogP contribution in [0.2, 0.25) is 5.02 Å². The van der Waals surface area contributed by atoms with Crippen molar-refractivity contribution in [2.24, 2.45) is 11.0 Å². The van der Waals surface area contributed by atoms with Crippen LogP contribution in [0.3, 0.4) is 0 Å². The van der Waals surface area contributed by atoms with Gasteiger partial charge in [-0.1, -0.05) is 35.4 Å². The molecule has 0 N–H and O–H groups in total. The van der Waals surface area contributed by atoms with Gasteiger partial charge >= 0.3 is 0 Å². The highest BCUT2D eigenvalue weighted by Crippen LogP contribution is 2.39. The number of hydrazone groups is 1. The van der Waals surface area contributed by atoms with Crippen LogP contribution in [0, 0.1) is 19.8 Å². The maximum Gasteiger partial charge on any atom is 0.259 e. The Morgan fingerprint density at radius 3 is 2.36 bits per heavy atom. The predicted molar refractivity (Wildman–Crippen MR) is 108 cm³/mol. The van der Waals surface area contributed by atoms with Crippen molar-refractivity contribution < 1.29 is 14.4 Å². The molecule has 4 rings (SSSR count). The monoisotopic (exact) mass is 395 g/mol. The summed E-state index contributed by atoms with van der Waals surface area (Å²) >= 11 is 6.19. The number of nitrogens with zero attached hydrogens (tertiary/aromatic N) is 3. The number of amides is 2. The van der Waals surface area contributed by atoms with E-state index in [1.54, 1.807) is 25.1 Å². The first-order chi connectivity index (χ1) is 13.3. The number of hydrogen-bond acceptors (Lipinski definition) is 5. The maximum absolute atomic E-state index is 13.3. The number of benzene rings is 2. The lowest BCUT2D eigenvalue weighted by atomic mass is 9.95. The molecule has 2 atom stereocenters. The summed E-state index contributed by atoms with van der Waals surface area (Å²) in [5.41, 5.74) is 2.88. The maximum atomic E-state index is 13.3. The van der Waals surface area contributed by atoms with Gasteiger partial charge in [0.25, 0.3) is 5.91 Å². The Morgan fingerprint density at radius 1 is 1.04 bits per heavy atom. The van der Waals surface area contributed by atoms with Crippen LogP contribution in [0.15, 0.2) is 47.6 Å². The van der Waals surface area contributed by atoms with Crippen molar-refractivity contribution in [1.29, 1.82) is 0 Å². The highest BCUT2D eigenvalue weighted by atomic mass is 35.5. The number of imide groups is 1. The summed E-state index contributed by atoms with van der Waals surface area (Å²) in [6, 6.07) is 11.6. The smallest absolute Gasteiger partial charge is 0.259 e.